The van der Waals surface area contributed by atoms with Crippen LogP contribution in [0, 0.1) is 0 Å². The first-order valence-electron chi connectivity index (χ1n) is 40.3. The molecule has 0 rings (SSSR count). The average molecular weight is 1570 g/mol. The summed E-state index contributed by atoms with van der Waals surface area (Å²) in [6.45, 7) is 4.12. The second-order valence-electron chi connectivity index (χ2n) is 25.5. The van der Waals surface area contributed by atoms with Crippen LogP contribution in [0.3, 0.4) is 0 Å². The van der Waals surface area contributed by atoms with E-state index in [0.29, 0.717) is 44.9 Å². The molecule has 0 heterocycles. The van der Waals surface area contributed by atoms with Gasteiger partial charge in [0.1, 0.15) is 19.3 Å². The smallest absolute Gasteiger partial charge is 0.462 e. The van der Waals surface area contributed by atoms with E-state index >= 15 is 0 Å². The lowest BCUT2D eigenvalue weighted by molar-refractivity contribution is -0.161. The van der Waals surface area contributed by atoms with E-state index in [-0.39, 0.29) is 25.7 Å². The number of phosphoric acid groups is 2. The number of phosphoric ester groups is 2. The number of unbranched alkanes of at least 4 members (excludes halogenated alkanes) is 6. The van der Waals surface area contributed by atoms with Gasteiger partial charge < -0.3 is 33.8 Å². The maximum Gasteiger partial charge on any atom is 0.472 e. The molecule has 0 amide bonds. The van der Waals surface area contributed by atoms with Gasteiger partial charge in [-0.2, -0.15) is 0 Å². The number of aliphatic hydroxyl groups is 1. The van der Waals surface area contributed by atoms with Crippen LogP contribution in [0.4, 0.5) is 0 Å². The average Bonchev–Trinajstić information content (AvgIpc) is 0.899. The van der Waals surface area contributed by atoms with Crippen LogP contribution in [0.25, 0.3) is 0 Å². The van der Waals surface area contributed by atoms with E-state index < -0.39 is 97.5 Å². The minimum absolute atomic E-state index is 0.00562. The summed E-state index contributed by atoms with van der Waals surface area (Å²) in [5.41, 5.74) is 0. The van der Waals surface area contributed by atoms with Crippen molar-refractivity contribution in [3.63, 3.8) is 0 Å². The summed E-state index contributed by atoms with van der Waals surface area (Å²) >= 11 is 0. The van der Waals surface area contributed by atoms with Gasteiger partial charge in [0.2, 0.25) is 0 Å². The van der Waals surface area contributed by atoms with Gasteiger partial charge in [0.25, 0.3) is 0 Å². The molecule has 0 aliphatic carbocycles. The van der Waals surface area contributed by atoms with Gasteiger partial charge in [-0.15, -0.1) is 0 Å². The zero-order valence-corrected chi connectivity index (χ0v) is 68.9. The van der Waals surface area contributed by atoms with Crippen molar-refractivity contribution in [1.82, 2.24) is 0 Å². The lowest BCUT2D eigenvalue weighted by Gasteiger charge is -2.21. The normalized spacial score (nSPS) is 15.1. The molecule has 3 N–H and O–H groups in total. The van der Waals surface area contributed by atoms with Crippen molar-refractivity contribution in [1.29, 1.82) is 0 Å². The number of aliphatic hydroxyl groups excluding tert-OH is 1. The zero-order chi connectivity index (χ0) is 80.3. The molecule has 0 saturated carbocycles. The van der Waals surface area contributed by atoms with Crippen LogP contribution in [-0.2, 0) is 65.4 Å². The van der Waals surface area contributed by atoms with E-state index in [9.17, 15) is 43.2 Å². The number of carbonyl (C=O) groups is 4. The third kappa shape index (κ3) is 79.0. The van der Waals surface area contributed by atoms with Crippen molar-refractivity contribution in [2.24, 2.45) is 0 Å². The fraction of sp³-hybridized carbons (Fsp3) is 0.516. The summed E-state index contributed by atoms with van der Waals surface area (Å²) < 4.78 is 68.4. The van der Waals surface area contributed by atoms with Crippen LogP contribution in [0.2, 0.25) is 0 Å². The number of hydrogen-bond donors (Lipinski definition) is 3. The summed E-state index contributed by atoms with van der Waals surface area (Å²) in [4.78, 5) is 73.1. The fourth-order valence-corrected chi connectivity index (χ4v) is 10.9. The second kappa shape index (κ2) is 79.9. The van der Waals surface area contributed by atoms with Gasteiger partial charge in [0.05, 0.1) is 26.4 Å². The Hall–Kier alpha value is -7.14. The first-order chi connectivity index (χ1) is 53.7. The minimum Gasteiger partial charge on any atom is -0.462 e. The Morgan fingerprint density at radius 1 is 0.255 bits per heavy atom. The first kappa shape index (κ1) is 103. The van der Waals surface area contributed by atoms with Crippen LogP contribution in [0.1, 0.15) is 246 Å². The first-order valence-corrected chi connectivity index (χ1v) is 43.3. The molecule has 5 atom stereocenters. The van der Waals surface area contributed by atoms with Gasteiger partial charge in [-0.05, 0) is 186 Å². The lowest BCUT2D eigenvalue weighted by Crippen LogP contribution is -2.30. The predicted octanol–water partition coefficient (Wildman–Crippen LogP) is 24.0. The topological polar surface area (TPSA) is 237 Å². The van der Waals surface area contributed by atoms with Crippen molar-refractivity contribution in [2.45, 2.75) is 264 Å². The van der Waals surface area contributed by atoms with Gasteiger partial charge in [0.15, 0.2) is 12.2 Å². The highest BCUT2D eigenvalue weighted by atomic mass is 31.2. The monoisotopic (exact) mass is 1560 g/mol. The molecule has 0 radical (unpaired) electrons. The molecule has 0 bridgehead atoms. The van der Waals surface area contributed by atoms with E-state index in [0.717, 1.165) is 148 Å². The zero-order valence-electron chi connectivity index (χ0n) is 67.1. The second-order valence-corrected chi connectivity index (χ2v) is 28.4. The summed E-state index contributed by atoms with van der Waals surface area (Å²) in [5, 5.41) is 10.7. The number of carbonyl (C=O) groups excluding carboxylic acids is 4. The van der Waals surface area contributed by atoms with Crippen molar-refractivity contribution < 1.29 is 80.2 Å². The Balaban J connectivity index is 5.59. The highest BCUT2D eigenvalue weighted by molar-refractivity contribution is 7.47. The molecular formula is C91H138O17P2. The maximum absolute atomic E-state index is 13.1. The van der Waals surface area contributed by atoms with Crippen LogP contribution >= 0.6 is 15.6 Å². The third-order valence-electron chi connectivity index (χ3n) is 15.3. The molecular weight excluding hydrogens is 1430 g/mol. The SMILES string of the molecule is CC/C=C\C/C=C\C/C=C\C/C=C\C/C=C\C/C=C\CCC(=O)OCC(COP(=O)(O)OCC(O)COP(=O)(O)OCC(COC(=O)CCCCC/C=C\C/C=C\C/C=C\C/C=C\C/C=C\CC)OC(=O)CCC/C=C\C/C=C\C/C=C\C/C=C\C/C=C\CC)OC(=O)CCCC/C=C\C/C=C\C/C=C\C/C=C\CC. The minimum atomic E-state index is -5.03. The van der Waals surface area contributed by atoms with E-state index in [2.05, 4.69) is 234 Å². The molecule has 0 fully saturated rings. The largest absolute Gasteiger partial charge is 0.472 e. The fourth-order valence-electron chi connectivity index (χ4n) is 9.36. The van der Waals surface area contributed by atoms with Crippen molar-refractivity contribution >= 4 is 39.5 Å². The molecule has 0 aliphatic heterocycles. The van der Waals surface area contributed by atoms with Crippen LogP contribution in [0.15, 0.2) is 243 Å². The Morgan fingerprint density at radius 2 is 0.473 bits per heavy atom. The number of ether oxygens (including phenoxy) is 4. The molecule has 19 heteroatoms. The quantitative estimate of drug-likeness (QED) is 0.0169. The number of allylic oxidation sites excluding steroid dienone is 40. The van der Waals surface area contributed by atoms with E-state index in [1.165, 1.54) is 0 Å². The molecule has 0 aromatic heterocycles. The predicted molar refractivity (Wildman–Crippen MR) is 454 cm³/mol. The highest BCUT2D eigenvalue weighted by Gasteiger charge is 2.30. The molecule has 17 nitrogen and oxygen atoms in total. The van der Waals surface area contributed by atoms with Crippen molar-refractivity contribution in [3.05, 3.63) is 243 Å². The van der Waals surface area contributed by atoms with E-state index in [1.807, 2.05) is 36.5 Å². The molecule has 0 aliphatic rings. The van der Waals surface area contributed by atoms with Gasteiger partial charge in [0, 0.05) is 25.7 Å². The summed E-state index contributed by atoms with van der Waals surface area (Å²) in [5.74, 6) is -2.46. The van der Waals surface area contributed by atoms with Crippen molar-refractivity contribution in [2.75, 3.05) is 39.6 Å². The Bertz CT molecular complexity index is 3050. The lowest BCUT2D eigenvalue weighted by atomic mass is 10.1. The van der Waals surface area contributed by atoms with Gasteiger partial charge >= 0.3 is 39.5 Å². The number of hydrogen-bond acceptors (Lipinski definition) is 15. The Kier molecular flexibility index (Phi) is 74.7. The van der Waals surface area contributed by atoms with Crippen LogP contribution in [-0.4, -0.2) is 96.7 Å². The number of rotatable bonds is 72. The molecule has 0 aromatic carbocycles. The Labute approximate surface area is 663 Å². The molecule has 614 valence electrons. The maximum atomic E-state index is 13.1. The van der Waals surface area contributed by atoms with Crippen LogP contribution < -0.4 is 0 Å². The van der Waals surface area contributed by atoms with E-state index in [4.69, 9.17) is 37.0 Å². The number of esters is 4. The van der Waals surface area contributed by atoms with E-state index in [1.54, 1.807) is 0 Å². The van der Waals surface area contributed by atoms with Crippen LogP contribution in [0.5, 0.6) is 0 Å². The Morgan fingerprint density at radius 3 is 0.773 bits per heavy atom. The molecule has 0 saturated heterocycles. The van der Waals surface area contributed by atoms with Gasteiger partial charge in [-0.3, -0.25) is 37.3 Å². The summed E-state index contributed by atoms with van der Waals surface area (Å²) in [6, 6.07) is 0. The standard InChI is InChI=1S/C91H138O17P2/c1-5-9-13-17-21-25-29-33-37-40-42-45-48-51-55-59-63-67-71-75-88(93)101-81-86(107-90(95)77-73-69-65-61-57-53-47-36-32-28-24-20-16-12-8-4)83-105-109(97,98)103-79-85(92)80-104-110(99,100)106-84-87(108-91(96)78-74-70-66-62-58-54-50-44-39-35-31-27-23-19-15-11-7-3)82-102-89(94)76-72-68-64-60-56-52-49-46-43-41-38-34-30-26-22-18-14-10-6-2/h9-16,21-28,33-39,42-43,45-47,50-52,54-57,61-63,66-67,85-87,92H,5-8,17-20,29-32,40-41,44,48-49,53,58-60,64-65,68-84H2,1-4H3,(H,97,98)(H,99,100)/b13-9-,14-10-,15-11-,16-12-,25-21-,26-22-,27-23-,28-24-,37-33-,38-34-,39-35-,45-42-,46-43-,47-36-,54-50-,55-51-,56-52-,61-57-,66-62-,67-63-. The van der Waals surface area contributed by atoms with Gasteiger partial charge in [-0.1, -0.05) is 277 Å². The molecule has 110 heavy (non-hydrogen) atoms. The van der Waals surface area contributed by atoms with Gasteiger partial charge in [-0.25, -0.2) is 9.13 Å². The highest BCUT2D eigenvalue weighted by Crippen LogP contribution is 2.45. The third-order valence-corrected chi connectivity index (χ3v) is 17.2. The van der Waals surface area contributed by atoms with Crippen molar-refractivity contribution in [3.8, 4) is 0 Å². The summed E-state index contributed by atoms with van der Waals surface area (Å²) in [7, 11) is -10.1. The molecule has 0 spiro atoms. The molecule has 0 aromatic rings. The summed E-state index contributed by atoms with van der Waals surface area (Å²) in [6.07, 6.45) is 105. The molecule has 5 unspecified atom stereocenters.